The highest BCUT2D eigenvalue weighted by Gasteiger charge is 2.22. The van der Waals surface area contributed by atoms with Gasteiger partial charge in [-0.15, -0.1) is 0 Å². The first kappa shape index (κ1) is 14.3. The van der Waals surface area contributed by atoms with Crippen molar-refractivity contribution in [3.8, 4) is 0 Å². The van der Waals surface area contributed by atoms with Crippen LogP contribution in [0.15, 0.2) is 54.6 Å². The van der Waals surface area contributed by atoms with Crippen LogP contribution in [0.5, 0.6) is 0 Å². The number of hydrogen-bond donors (Lipinski definition) is 1. The Morgan fingerprint density at radius 3 is 2.55 bits per heavy atom. The van der Waals surface area contributed by atoms with Gasteiger partial charge in [-0.3, -0.25) is 9.36 Å². The third-order valence-corrected chi connectivity index (χ3v) is 3.76. The number of nitrogens with zero attached hydrogens (tertiary/aromatic N) is 2. The lowest BCUT2D eigenvalue weighted by Gasteiger charge is -2.17. The number of carbonyl (C=O) groups excluding carboxylic acids is 1. The molecular weight excluding hydrogens is 274 g/mol. The van der Waals surface area contributed by atoms with E-state index in [1.54, 1.807) is 0 Å². The van der Waals surface area contributed by atoms with Crippen LogP contribution >= 0.6 is 0 Å². The number of ketones is 1. The first-order chi connectivity index (χ1) is 10.7. The molecule has 0 spiro atoms. The van der Waals surface area contributed by atoms with E-state index in [4.69, 9.17) is 0 Å². The SMILES string of the molecule is CCNc1nc2ccccc2n1C(C)C(=O)c1ccccc1. The molecule has 112 valence electrons. The molecule has 1 heterocycles. The van der Waals surface area contributed by atoms with Crippen LogP contribution in [0.1, 0.15) is 30.2 Å². The van der Waals surface area contributed by atoms with Gasteiger partial charge in [-0.1, -0.05) is 42.5 Å². The Morgan fingerprint density at radius 2 is 1.82 bits per heavy atom. The molecule has 0 amide bonds. The Kier molecular flexibility index (Phi) is 3.92. The molecule has 0 aliphatic rings. The van der Waals surface area contributed by atoms with Gasteiger partial charge in [0.15, 0.2) is 5.78 Å². The van der Waals surface area contributed by atoms with Gasteiger partial charge in [0, 0.05) is 12.1 Å². The van der Waals surface area contributed by atoms with Crippen LogP contribution in [0.4, 0.5) is 5.95 Å². The molecule has 2 aromatic carbocycles. The van der Waals surface area contributed by atoms with E-state index < -0.39 is 0 Å². The fourth-order valence-corrected chi connectivity index (χ4v) is 2.68. The molecule has 1 atom stereocenters. The molecule has 4 nitrogen and oxygen atoms in total. The van der Waals surface area contributed by atoms with Crippen molar-refractivity contribution in [2.75, 3.05) is 11.9 Å². The van der Waals surface area contributed by atoms with E-state index in [1.807, 2.05) is 73.0 Å². The second kappa shape index (κ2) is 6.02. The summed E-state index contributed by atoms with van der Waals surface area (Å²) in [5.41, 5.74) is 2.58. The zero-order valence-electron chi connectivity index (χ0n) is 12.8. The van der Waals surface area contributed by atoms with Gasteiger partial charge in [0.1, 0.15) is 0 Å². The number of imidazole rings is 1. The zero-order valence-corrected chi connectivity index (χ0v) is 12.8. The van der Waals surface area contributed by atoms with E-state index in [0.717, 1.165) is 29.1 Å². The predicted octanol–water partition coefficient (Wildman–Crippen LogP) is 3.91. The monoisotopic (exact) mass is 293 g/mol. The molecule has 4 heteroatoms. The molecule has 0 saturated heterocycles. The molecule has 0 aliphatic heterocycles. The van der Waals surface area contributed by atoms with Crippen LogP contribution in [0, 0.1) is 0 Å². The average molecular weight is 293 g/mol. The van der Waals surface area contributed by atoms with E-state index in [-0.39, 0.29) is 11.8 Å². The molecule has 0 saturated carbocycles. The Hall–Kier alpha value is -2.62. The summed E-state index contributed by atoms with van der Waals surface area (Å²) in [5, 5.41) is 3.25. The van der Waals surface area contributed by atoms with E-state index in [1.165, 1.54) is 0 Å². The van der Waals surface area contributed by atoms with Crippen molar-refractivity contribution >= 4 is 22.8 Å². The highest BCUT2D eigenvalue weighted by molar-refractivity contribution is 6.00. The van der Waals surface area contributed by atoms with Gasteiger partial charge >= 0.3 is 0 Å². The van der Waals surface area contributed by atoms with Gasteiger partial charge in [-0.2, -0.15) is 0 Å². The summed E-state index contributed by atoms with van der Waals surface area (Å²) in [6.07, 6.45) is 0. The Bertz CT molecular complexity index is 792. The average Bonchev–Trinajstić information content (AvgIpc) is 2.92. The number of nitrogens with one attached hydrogen (secondary N) is 1. The summed E-state index contributed by atoms with van der Waals surface area (Å²) < 4.78 is 1.98. The molecule has 1 aromatic heterocycles. The third kappa shape index (κ3) is 2.48. The summed E-state index contributed by atoms with van der Waals surface area (Å²) in [6.45, 7) is 4.70. The van der Waals surface area contributed by atoms with Crippen molar-refractivity contribution < 1.29 is 4.79 Å². The maximum absolute atomic E-state index is 12.8. The van der Waals surface area contributed by atoms with Crippen molar-refractivity contribution in [2.24, 2.45) is 0 Å². The number of carbonyl (C=O) groups is 1. The quantitative estimate of drug-likeness (QED) is 0.725. The standard InChI is InChI=1S/C18H19N3O/c1-3-19-18-20-15-11-7-8-12-16(15)21(18)13(2)17(22)14-9-5-4-6-10-14/h4-13H,3H2,1-2H3,(H,19,20). The van der Waals surface area contributed by atoms with Gasteiger partial charge in [0.05, 0.1) is 17.1 Å². The number of anilines is 1. The number of aromatic nitrogens is 2. The highest BCUT2D eigenvalue weighted by Crippen LogP contribution is 2.26. The van der Waals surface area contributed by atoms with Gasteiger partial charge in [0.25, 0.3) is 0 Å². The molecule has 3 aromatic rings. The number of Topliss-reactive ketones (excluding diaryl/α,β-unsaturated/α-hetero) is 1. The van der Waals surface area contributed by atoms with Gasteiger partial charge in [-0.05, 0) is 26.0 Å². The fourth-order valence-electron chi connectivity index (χ4n) is 2.68. The Balaban J connectivity index is 2.08. The summed E-state index contributed by atoms with van der Waals surface area (Å²) in [7, 11) is 0. The second-order valence-corrected chi connectivity index (χ2v) is 5.23. The number of rotatable bonds is 5. The zero-order chi connectivity index (χ0) is 15.5. The first-order valence-electron chi connectivity index (χ1n) is 7.52. The maximum atomic E-state index is 12.8. The fraction of sp³-hybridized carbons (Fsp3) is 0.222. The molecule has 1 N–H and O–H groups in total. The number of para-hydroxylation sites is 2. The van der Waals surface area contributed by atoms with Gasteiger partial charge in [0.2, 0.25) is 5.95 Å². The van der Waals surface area contributed by atoms with E-state index in [9.17, 15) is 4.79 Å². The Labute approximate surface area is 129 Å². The minimum Gasteiger partial charge on any atom is -0.356 e. The van der Waals surface area contributed by atoms with Crippen molar-refractivity contribution in [3.05, 3.63) is 60.2 Å². The topological polar surface area (TPSA) is 46.9 Å². The molecule has 0 aliphatic carbocycles. The summed E-state index contributed by atoms with van der Waals surface area (Å²) in [4.78, 5) is 17.4. The third-order valence-electron chi connectivity index (χ3n) is 3.76. The molecular formula is C18H19N3O. The van der Waals surface area contributed by atoms with Crippen LogP contribution < -0.4 is 5.32 Å². The lowest BCUT2D eigenvalue weighted by Crippen LogP contribution is -2.19. The van der Waals surface area contributed by atoms with Crippen LogP contribution in [0.25, 0.3) is 11.0 Å². The predicted molar refractivity (Wildman–Crippen MR) is 89.4 cm³/mol. The normalized spacial score (nSPS) is 12.3. The van der Waals surface area contributed by atoms with Crippen LogP contribution in [-0.4, -0.2) is 21.9 Å². The lowest BCUT2D eigenvalue weighted by atomic mass is 10.1. The van der Waals surface area contributed by atoms with Crippen molar-refractivity contribution in [3.63, 3.8) is 0 Å². The smallest absolute Gasteiger partial charge is 0.204 e. The summed E-state index contributed by atoms with van der Waals surface area (Å²) in [6, 6.07) is 17.0. The van der Waals surface area contributed by atoms with Gasteiger partial charge < -0.3 is 5.32 Å². The van der Waals surface area contributed by atoms with Crippen LogP contribution in [0.3, 0.4) is 0 Å². The van der Waals surface area contributed by atoms with Crippen molar-refractivity contribution in [1.29, 1.82) is 0 Å². The van der Waals surface area contributed by atoms with Crippen LogP contribution in [-0.2, 0) is 0 Å². The molecule has 0 radical (unpaired) electrons. The summed E-state index contributed by atoms with van der Waals surface area (Å²) in [5.74, 6) is 0.823. The highest BCUT2D eigenvalue weighted by atomic mass is 16.1. The first-order valence-corrected chi connectivity index (χ1v) is 7.52. The van der Waals surface area contributed by atoms with Crippen molar-refractivity contribution in [1.82, 2.24) is 9.55 Å². The number of hydrogen-bond acceptors (Lipinski definition) is 3. The molecule has 0 bridgehead atoms. The molecule has 22 heavy (non-hydrogen) atoms. The molecule has 1 unspecified atom stereocenters. The second-order valence-electron chi connectivity index (χ2n) is 5.23. The number of benzene rings is 2. The van der Waals surface area contributed by atoms with Gasteiger partial charge in [-0.25, -0.2) is 4.98 Å². The van der Waals surface area contributed by atoms with Crippen LogP contribution in [0.2, 0.25) is 0 Å². The van der Waals surface area contributed by atoms with E-state index in [0.29, 0.717) is 0 Å². The maximum Gasteiger partial charge on any atom is 0.204 e. The minimum absolute atomic E-state index is 0.0860. The minimum atomic E-state index is -0.316. The number of fused-ring (bicyclic) bond motifs is 1. The van der Waals surface area contributed by atoms with E-state index >= 15 is 0 Å². The molecule has 3 rings (SSSR count). The van der Waals surface area contributed by atoms with Crippen molar-refractivity contribution in [2.45, 2.75) is 19.9 Å². The largest absolute Gasteiger partial charge is 0.356 e. The van der Waals surface area contributed by atoms with E-state index in [2.05, 4.69) is 10.3 Å². The lowest BCUT2D eigenvalue weighted by molar-refractivity contribution is 0.0938. The summed E-state index contributed by atoms with van der Waals surface area (Å²) >= 11 is 0. The molecule has 0 fully saturated rings. The Morgan fingerprint density at radius 1 is 1.14 bits per heavy atom.